The zero-order valence-electron chi connectivity index (χ0n) is 13.1. The van der Waals surface area contributed by atoms with Gasteiger partial charge in [0.05, 0.1) is 22.2 Å². The molecule has 3 N–H and O–H groups in total. The molecule has 1 amide bonds. The van der Waals surface area contributed by atoms with Crippen molar-refractivity contribution in [2.45, 2.75) is 18.9 Å². The molecule has 1 rings (SSSR count). The van der Waals surface area contributed by atoms with E-state index in [1.165, 1.54) is 0 Å². The minimum Gasteiger partial charge on any atom is -0.480 e. The summed E-state index contributed by atoms with van der Waals surface area (Å²) in [6, 6.07) is 3.91. The number of hydrogen-bond acceptors (Lipinski definition) is 4. The molecular weight excluding hydrogens is 341 g/mol. The number of hydrogen-bond donors (Lipinski definition) is 3. The van der Waals surface area contributed by atoms with Gasteiger partial charge in [0.2, 0.25) is 5.91 Å². The van der Waals surface area contributed by atoms with Crippen molar-refractivity contribution in [1.82, 2.24) is 10.2 Å². The Morgan fingerprint density at radius 1 is 1.30 bits per heavy atom. The number of carboxylic acid groups (broad SMARTS) is 1. The van der Waals surface area contributed by atoms with E-state index in [2.05, 4.69) is 10.6 Å². The molecule has 128 valence electrons. The molecule has 1 unspecified atom stereocenters. The highest BCUT2D eigenvalue weighted by molar-refractivity contribution is 6.43. The summed E-state index contributed by atoms with van der Waals surface area (Å²) in [6.07, 6.45) is 0.596. The molecule has 0 fully saturated rings. The molecule has 0 radical (unpaired) electrons. The maximum absolute atomic E-state index is 12.0. The molecule has 0 aliphatic heterocycles. The molecule has 8 heteroatoms. The van der Waals surface area contributed by atoms with Gasteiger partial charge in [-0.25, -0.2) is 0 Å². The zero-order valence-corrected chi connectivity index (χ0v) is 14.6. The van der Waals surface area contributed by atoms with E-state index in [1.807, 2.05) is 19.0 Å². The van der Waals surface area contributed by atoms with Gasteiger partial charge in [-0.2, -0.15) is 0 Å². The van der Waals surface area contributed by atoms with Gasteiger partial charge in [-0.05, 0) is 45.7 Å². The number of aliphatic carboxylic acids is 1. The highest BCUT2D eigenvalue weighted by Gasteiger charge is 2.21. The summed E-state index contributed by atoms with van der Waals surface area (Å²) in [5.74, 6) is -1.51. The Labute approximate surface area is 145 Å². The molecule has 0 aliphatic carbocycles. The van der Waals surface area contributed by atoms with Crippen LogP contribution < -0.4 is 10.6 Å². The number of carbonyl (C=O) groups is 2. The number of benzene rings is 1. The lowest BCUT2D eigenvalue weighted by Crippen LogP contribution is -2.40. The molecular formula is C15H21Cl2N3O3. The second kappa shape index (κ2) is 9.72. The third-order valence-electron chi connectivity index (χ3n) is 3.09. The minimum atomic E-state index is -1.07. The molecule has 0 bridgehead atoms. The van der Waals surface area contributed by atoms with Crippen LogP contribution in [0.4, 0.5) is 5.69 Å². The van der Waals surface area contributed by atoms with E-state index < -0.39 is 17.9 Å². The number of nitrogens with one attached hydrogen (secondary N) is 2. The zero-order chi connectivity index (χ0) is 17.4. The van der Waals surface area contributed by atoms with Gasteiger partial charge >= 0.3 is 5.97 Å². The quantitative estimate of drug-likeness (QED) is 0.588. The first-order chi connectivity index (χ1) is 10.8. The van der Waals surface area contributed by atoms with Gasteiger partial charge in [0.25, 0.3) is 0 Å². The van der Waals surface area contributed by atoms with Crippen LogP contribution in [0.5, 0.6) is 0 Å². The van der Waals surface area contributed by atoms with E-state index in [-0.39, 0.29) is 11.4 Å². The molecule has 23 heavy (non-hydrogen) atoms. The Kier molecular flexibility index (Phi) is 8.33. The molecule has 1 aromatic rings. The summed E-state index contributed by atoms with van der Waals surface area (Å²) in [4.78, 5) is 25.2. The second-order valence-electron chi connectivity index (χ2n) is 5.36. The number of carboxylic acids is 1. The van der Waals surface area contributed by atoms with Gasteiger partial charge in [-0.1, -0.05) is 29.3 Å². The summed E-state index contributed by atoms with van der Waals surface area (Å²) < 4.78 is 0. The molecule has 0 saturated heterocycles. The van der Waals surface area contributed by atoms with Gasteiger partial charge in [0.15, 0.2) is 0 Å². The third-order valence-corrected chi connectivity index (χ3v) is 3.91. The van der Waals surface area contributed by atoms with Crippen molar-refractivity contribution in [3.05, 3.63) is 28.2 Å². The van der Waals surface area contributed by atoms with Gasteiger partial charge in [-0.15, -0.1) is 0 Å². The number of halogens is 2. The van der Waals surface area contributed by atoms with Crippen LogP contribution in [0, 0.1) is 0 Å². The van der Waals surface area contributed by atoms with Crippen LogP contribution in [0.3, 0.4) is 0 Å². The lowest BCUT2D eigenvalue weighted by molar-refractivity contribution is -0.141. The van der Waals surface area contributed by atoms with E-state index in [0.717, 1.165) is 13.0 Å². The summed E-state index contributed by atoms with van der Waals surface area (Å²) >= 11 is 11.9. The number of nitrogens with zero attached hydrogens (tertiary/aromatic N) is 1. The average molecular weight is 362 g/mol. The van der Waals surface area contributed by atoms with Crippen molar-refractivity contribution < 1.29 is 14.7 Å². The SMILES string of the molecule is CN(C)CCCNC(CC(=O)Nc1cccc(Cl)c1Cl)C(=O)O. The summed E-state index contributed by atoms with van der Waals surface area (Å²) in [6.45, 7) is 1.35. The first kappa shape index (κ1) is 19.7. The monoisotopic (exact) mass is 361 g/mol. The maximum Gasteiger partial charge on any atom is 0.321 e. The van der Waals surface area contributed by atoms with Crippen molar-refractivity contribution in [3.63, 3.8) is 0 Å². The Morgan fingerprint density at radius 3 is 2.61 bits per heavy atom. The fraction of sp³-hybridized carbons (Fsp3) is 0.467. The van der Waals surface area contributed by atoms with Gasteiger partial charge in [0.1, 0.15) is 6.04 Å². The molecule has 0 aromatic heterocycles. The van der Waals surface area contributed by atoms with Crippen LogP contribution in [0.1, 0.15) is 12.8 Å². The number of rotatable bonds is 9. The van der Waals surface area contributed by atoms with Crippen LogP contribution in [-0.4, -0.2) is 55.1 Å². The predicted octanol–water partition coefficient (Wildman–Crippen LogP) is 2.32. The topological polar surface area (TPSA) is 81.7 Å². The van der Waals surface area contributed by atoms with E-state index in [9.17, 15) is 14.7 Å². The van der Waals surface area contributed by atoms with Crippen molar-refractivity contribution in [1.29, 1.82) is 0 Å². The lowest BCUT2D eigenvalue weighted by atomic mass is 10.2. The highest BCUT2D eigenvalue weighted by atomic mass is 35.5. The molecule has 0 aliphatic rings. The van der Waals surface area contributed by atoms with Crippen LogP contribution in [0.25, 0.3) is 0 Å². The summed E-state index contributed by atoms with van der Waals surface area (Å²) in [5.41, 5.74) is 0.362. The minimum absolute atomic E-state index is 0.194. The highest BCUT2D eigenvalue weighted by Crippen LogP contribution is 2.29. The number of carbonyl (C=O) groups excluding carboxylic acids is 1. The number of amides is 1. The molecule has 0 spiro atoms. The van der Waals surface area contributed by atoms with Crippen LogP contribution in [0.15, 0.2) is 18.2 Å². The van der Waals surface area contributed by atoms with Crippen molar-refractivity contribution in [2.75, 3.05) is 32.5 Å². The van der Waals surface area contributed by atoms with Gasteiger partial charge in [-0.3, -0.25) is 9.59 Å². The van der Waals surface area contributed by atoms with E-state index in [1.54, 1.807) is 18.2 Å². The molecule has 0 saturated carbocycles. The first-order valence-corrected chi connectivity index (χ1v) is 7.91. The first-order valence-electron chi connectivity index (χ1n) is 7.16. The van der Waals surface area contributed by atoms with Gasteiger partial charge in [0, 0.05) is 0 Å². The Bertz CT molecular complexity index is 553. The van der Waals surface area contributed by atoms with E-state index >= 15 is 0 Å². The standard InChI is InChI=1S/C15H21Cl2N3O3/c1-20(2)8-4-7-18-12(15(22)23)9-13(21)19-11-6-3-5-10(16)14(11)17/h3,5-6,12,18H,4,7-9H2,1-2H3,(H,19,21)(H,22,23). The van der Waals surface area contributed by atoms with Crippen LogP contribution >= 0.6 is 23.2 Å². The summed E-state index contributed by atoms with van der Waals surface area (Å²) in [7, 11) is 3.88. The maximum atomic E-state index is 12.0. The molecule has 1 aromatic carbocycles. The molecule has 0 heterocycles. The lowest BCUT2D eigenvalue weighted by Gasteiger charge is -2.16. The fourth-order valence-electron chi connectivity index (χ4n) is 1.91. The molecule has 1 atom stereocenters. The predicted molar refractivity (Wildman–Crippen MR) is 92.3 cm³/mol. The van der Waals surface area contributed by atoms with E-state index in [0.29, 0.717) is 17.3 Å². The van der Waals surface area contributed by atoms with E-state index in [4.69, 9.17) is 23.2 Å². The van der Waals surface area contributed by atoms with Crippen molar-refractivity contribution in [3.8, 4) is 0 Å². The average Bonchev–Trinajstić information content (AvgIpc) is 2.46. The van der Waals surface area contributed by atoms with Crippen molar-refractivity contribution >= 4 is 40.8 Å². The second-order valence-corrected chi connectivity index (χ2v) is 6.14. The largest absolute Gasteiger partial charge is 0.480 e. The van der Waals surface area contributed by atoms with Crippen LogP contribution in [-0.2, 0) is 9.59 Å². The van der Waals surface area contributed by atoms with Gasteiger partial charge < -0.3 is 20.6 Å². The Hall–Kier alpha value is -1.34. The van der Waals surface area contributed by atoms with Crippen molar-refractivity contribution in [2.24, 2.45) is 0 Å². The number of anilines is 1. The third kappa shape index (κ3) is 7.18. The fourth-order valence-corrected chi connectivity index (χ4v) is 2.25. The van der Waals surface area contributed by atoms with Crippen LogP contribution in [0.2, 0.25) is 10.0 Å². The Morgan fingerprint density at radius 2 is 2.00 bits per heavy atom. The summed E-state index contributed by atoms with van der Waals surface area (Å²) in [5, 5.41) is 15.2. The Balaban J connectivity index is 2.54. The normalized spacial score (nSPS) is 12.2. The molecule has 6 nitrogen and oxygen atoms in total. The smallest absolute Gasteiger partial charge is 0.321 e.